The second-order valence-electron chi connectivity index (χ2n) is 3.94. The molecule has 9 nitrogen and oxygen atoms in total. The van der Waals surface area contributed by atoms with Gasteiger partial charge >= 0.3 is 0 Å². The summed E-state index contributed by atoms with van der Waals surface area (Å²) in [5.74, 6) is 0.845. The van der Waals surface area contributed by atoms with E-state index in [4.69, 9.17) is 10.3 Å². The Morgan fingerprint density at radius 3 is 2.79 bits per heavy atom. The molecule has 0 fully saturated rings. The molecule has 0 saturated heterocycles. The fraction of sp³-hybridized carbons (Fsp3) is 0.444. The Labute approximate surface area is 109 Å². The first kappa shape index (κ1) is 13.5. The topological polar surface area (TPSA) is 129 Å². The van der Waals surface area contributed by atoms with Crippen molar-refractivity contribution in [3.8, 4) is 0 Å². The maximum Gasteiger partial charge on any atom is 0.245 e. The average molecular weight is 286 g/mol. The van der Waals surface area contributed by atoms with E-state index in [2.05, 4.69) is 20.0 Å². The third kappa shape index (κ3) is 3.09. The standard InChI is InChI=1S/C9H14N6O3S/c1-6-12-8(18-14-6)3-4-11-19(16,17)7-5-15(2)13-9(7)10/h5,11H,3-4H2,1-2H3,(H2,10,13). The number of hydrogen-bond acceptors (Lipinski definition) is 7. The van der Waals surface area contributed by atoms with Crippen LogP contribution in [0.5, 0.6) is 0 Å². The summed E-state index contributed by atoms with van der Waals surface area (Å²) in [5.41, 5.74) is 5.52. The van der Waals surface area contributed by atoms with Crippen molar-refractivity contribution in [3.05, 3.63) is 17.9 Å². The largest absolute Gasteiger partial charge is 0.381 e. The molecule has 3 N–H and O–H groups in total. The van der Waals surface area contributed by atoms with Gasteiger partial charge in [0.15, 0.2) is 11.6 Å². The van der Waals surface area contributed by atoms with E-state index in [0.29, 0.717) is 18.1 Å². The molecule has 0 bridgehead atoms. The lowest BCUT2D eigenvalue weighted by atomic mass is 10.4. The van der Waals surface area contributed by atoms with Crippen LogP contribution < -0.4 is 10.5 Å². The summed E-state index contributed by atoms with van der Waals surface area (Å²) < 4.78 is 32.5. The Kier molecular flexibility index (Phi) is 3.53. The number of anilines is 1. The molecule has 2 aromatic rings. The van der Waals surface area contributed by atoms with E-state index in [-0.39, 0.29) is 17.3 Å². The molecule has 2 aromatic heterocycles. The van der Waals surface area contributed by atoms with E-state index in [1.165, 1.54) is 10.9 Å². The van der Waals surface area contributed by atoms with Crippen molar-refractivity contribution in [2.24, 2.45) is 7.05 Å². The molecule has 0 spiro atoms. The van der Waals surface area contributed by atoms with Gasteiger partial charge in [0, 0.05) is 26.2 Å². The first-order valence-corrected chi connectivity index (χ1v) is 6.95. The lowest BCUT2D eigenvalue weighted by Gasteiger charge is -2.03. The molecule has 19 heavy (non-hydrogen) atoms. The van der Waals surface area contributed by atoms with Gasteiger partial charge in [-0.2, -0.15) is 10.1 Å². The van der Waals surface area contributed by atoms with Crippen molar-refractivity contribution in [3.63, 3.8) is 0 Å². The highest BCUT2D eigenvalue weighted by Gasteiger charge is 2.20. The normalized spacial score (nSPS) is 11.9. The van der Waals surface area contributed by atoms with E-state index in [1.54, 1.807) is 14.0 Å². The predicted octanol–water partition coefficient (Wildman–Crippen LogP) is -0.785. The zero-order chi connectivity index (χ0) is 14.0. The van der Waals surface area contributed by atoms with E-state index in [9.17, 15) is 8.42 Å². The summed E-state index contributed by atoms with van der Waals surface area (Å²) in [6, 6.07) is 0. The highest BCUT2D eigenvalue weighted by Crippen LogP contribution is 2.14. The van der Waals surface area contributed by atoms with Crippen LogP contribution in [0.15, 0.2) is 15.6 Å². The van der Waals surface area contributed by atoms with Crippen LogP contribution in [-0.2, 0) is 23.5 Å². The molecular formula is C9H14N6O3S. The highest BCUT2D eigenvalue weighted by atomic mass is 32.2. The molecule has 0 amide bonds. The van der Waals surface area contributed by atoms with E-state index in [0.717, 1.165) is 0 Å². The number of sulfonamides is 1. The average Bonchev–Trinajstić information content (AvgIpc) is 2.85. The molecule has 0 aliphatic heterocycles. The third-order valence-electron chi connectivity index (χ3n) is 2.31. The smallest absolute Gasteiger partial charge is 0.245 e. The van der Waals surface area contributed by atoms with Crippen LogP contribution >= 0.6 is 0 Å². The van der Waals surface area contributed by atoms with Crippen LogP contribution in [-0.4, -0.2) is 34.9 Å². The van der Waals surface area contributed by atoms with Gasteiger partial charge in [0.1, 0.15) is 4.90 Å². The molecule has 0 aliphatic rings. The van der Waals surface area contributed by atoms with Crippen LogP contribution in [0.25, 0.3) is 0 Å². The van der Waals surface area contributed by atoms with Crippen molar-refractivity contribution in [1.82, 2.24) is 24.6 Å². The summed E-state index contributed by atoms with van der Waals surface area (Å²) in [7, 11) is -2.09. The molecule has 0 radical (unpaired) electrons. The van der Waals surface area contributed by atoms with Crippen molar-refractivity contribution >= 4 is 15.8 Å². The van der Waals surface area contributed by atoms with Gasteiger partial charge in [0.25, 0.3) is 0 Å². The number of hydrogen-bond donors (Lipinski definition) is 2. The highest BCUT2D eigenvalue weighted by molar-refractivity contribution is 7.89. The Morgan fingerprint density at radius 2 is 2.26 bits per heavy atom. The molecule has 0 atom stereocenters. The molecule has 0 unspecified atom stereocenters. The van der Waals surface area contributed by atoms with Crippen molar-refractivity contribution in [1.29, 1.82) is 0 Å². The fourth-order valence-corrected chi connectivity index (χ4v) is 2.64. The summed E-state index contributed by atoms with van der Waals surface area (Å²) in [4.78, 5) is 3.93. The van der Waals surface area contributed by atoms with Gasteiger partial charge in [-0.15, -0.1) is 0 Å². The Morgan fingerprint density at radius 1 is 1.53 bits per heavy atom. The third-order valence-corrected chi connectivity index (χ3v) is 3.79. The second kappa shape index (κ2) is 4.97. The quantitative estimate of drug-likeness (QED) is 0.737. The minimum atomic E-state index is -3.68. The van der Waals surface area contributed by atoms with E-state index >= 15 is 0 Å². The minimum absolute atomic E-state index is 0.0383. The lowest BCUT2D eigenvalue weighted by molar-refractivity contribution is 0.375. The van der Waals surface area contributed by atoms with Crippen LogP contribution in [0.1, 0.15) is 11.7 Å². The summed E-state index contributed by atoms with van der Waals surface area (Å²) in [6.45, 7) is 1.83. The molecular weight excluding hydrogens is 272 g/mol. The van der Waals surface area contributed by atoms with Crippen molar-refractivity contribution in [2.75, 3.05) is 12.3 Å². The van der Waals surface area contributed by atoms with E-state index < -0.39 is 10.0 Å². The zero-order valence-electron chi connectivity index (χ0n) is 10.5. The van der Waals surface area contributed by atoms with Crippen molar-refractivity contribution in [2.45, 2.75) is 18.2 Å². The minimum Gasteiger partial charge on any atom is -0.381 e. The first-order chi connectivity index (χ1) is 8.88. The van der Waals surface area contributed by atoms with Gasteiger partial charge in [-0.25, -0.2) is 13.1 Å². The number of nitrogen functional groups attached to an aromatic ring is 1. The zero-order valence-corrected chi connectivity index (χ0v) is 11.3. The predicted molar refractivity (Wildman–Crippen MR) is 65.5 cm³/mol. The molecule has 10 heteroatoms. The maximum absolute atomic E-state index is 12.0. The molecule has 2 heterocycles. The van der Waals surface area contributed by atoms with Gasteiger partial charge in [-0.3, -0.25) is 4.68 Å². The number of aryl methyl sites for hydroxylation is 2. The molecule has 0 saturated carbocycles. The lowest BCUT2D eigenvalue weighted by Crippen LogP contribution is -2.26. The Bertz CT molecular complexity index is 674. The molecule has 0 aromatic carbocycles. The number of nitrogens with one attached hydrogen (secondary N) is 1. The molecule has 104 valence electrons. The van der Waals surface area contributed by atoms with Gasteiger partial charge in [0.05, 0.1) is 0 Å². The number of nitrogens with two attached hydrogens (primary N) is 1. The van der Waals surface area contributed by atoms with Gasteiger partial charge in [-0.1, -0.05) is 5.16 Å². The van der Waals surface area contributed by atoms with Crippen LogP contribution in [0.3, 0.4) is 0 Å². The SMILES string of the molecule is Cc1noc(CCNS(=O)(=O)c2cn(C)nc2N)n1. The molecule has 0 aliphatic carbocycles. The first-order valence-electron chi connectivity index (χ1n) is 5.46. The number of rotatable bonds is 5. The van der Waals surface area contributed by atoms with Gasteiger partial charge in [0.2, 0.25) is 15.9 Å². The summed E-state index contributed by atoms with van der Waals surface area (Å²) >= 11 is 0. The van der Waals surface area contributed by atoms with Crippen LogP contribution in [0.4, 0.5) is 5.82 Å². The van der Waals surface area contributed by atoms with Gasteiger partial charge in [-0.05, 0) is 6.92 Å². The molecule has 2 rings (SSSR count). The number of nitrogens with zero attached hydrogens (tertiary/aromatic N) is 4. The second-order valence-corrected chi connectivity index (χ2v) is 5.67. The summed E-state index contributed by atoms with van der Waals surface area (Å²) in [6.07, 6.45) is 1.65. The van der Waals surface area contributed by atoms with Crippen molar-refractivity contribution < 1.29 is 12.9 Å². The summed E-state index contributed by atoms with van der Waals surface area (Å²) in [5, 5.41) is 7.39. The van der Waals surface area contributed by atoms with Gasteiger partial charge < -0.3 is 10.3 Å². The Hall–Kier alpha value is -1.94. The Balaban J connectivity index is 2.00. The fourth-order valence-electron chi connectivity index (χ4n) is 1.50. The number of aromatic nitrogens is 4. The monoisotopic (exact) mass is 286 g/mol. The van der Waals surface area contributed by atoms with E-state index in [1.807, 2.05) is 0 Å². The van der Waals surface area contributed by atoms with Crippen LogP contribution in [0.2, 0.25) is 0 Å². The van der Waals surface area contributed by atoms with Crippen LogP contribution in [0, 0.1) is 6.92 Å². The maximum atomic E-state index is 12.0.